The van der Waals surface area contributed by atoms with Crippen LogP contribution in [0, 0.1) is 0 Å². The Morgan fingerprint density at radius 3 is 2.71 bits per heavy atom. The smallest absolute Gasteiger partial charge is 0.248 e. The molecule has 166 valence electrons. The van der Waals surface area contributed by atoms with Gasteiger partial charge in [-0.25, -0.2) is 4.99 Å². The summed E-state index contributed by atoms with van der Waals surface area (Å²) in [5.74, 6) is 2.77. The van der Waals surface area contributed by atoms with E-state index in [0.717, 1.165) is 11.3 Å². The normalized spacial score (nSPS) is 10.9. The molecule has 0 aliphatic carbocycles. The first kappa shape index (κ1) is 24.7. The minimum atomic E-state index is 0. The number of methoxy groups -OCH3 is 1. The summed E-state index contributed by atoms with van der Waals surface area (Å²) in [5.41, 5.74) is 1.59. The number of nitrogens with one attached hydrogen (secondary N) is 2. The summed E-state index contributed by atoms with van der Waals surface area (Å²) in [6.45, 7) is 5.39. The molecular weight excluding hydrogens is 533 g/mol. The summed E-state index contributed by atoms with van der Waals surface area (Å²) in [4.78, 5) is 8.90. The van der Waals surface area contributed by atoms with Crippen molar-refractivity contribution in [3.63, 3.8) is 0 Å². The van der Waals surface area contributed by atoms with Crippen LogP contribution in [0.3, 0.4) is 0 Å². The molecule has 1 aromatic heterocycles. The Bertz CT molecular complexity index is 1010. The molecule has 0 aliphatic heterocycles. The van der Waals surface area contributed by atoms with Gasteiger partial charge in [0.25, 0.3) is 0 Å². The van der Waals surface area contributed by atoms with Gasteiger partial charge in [-0.1, -0.05) is 28.9 Å². The van der Waals surface area contributed by atoms with E-state index in [1.165, 1.54) is 0 Å². The molecule has 31 heavy (non-hydrogen) atoms. The fourth-order valence-corrected chi connectivity index (χ4v) is 2.86. The summed E-state index contributed by atoms with van der Waals surface area (Å²) in [6.07, 6.45) is 0. The van der Waals surface area contributed by atoms with Crippen LogP contribution in [0.5, 0.6) is 11.5 Å². The largest absolute Gasteiger partial charge is 0.493 e. The van der Waals surface area contributed by atoms with Gasteiger partial charge < -0.3 is 24.6 Å². The van der Waals surface area contributed by atoms with Crippen LogP contribution < -0.4 is 20.1 Å². The van der Waals surface area contributed by atoms with E-state index in [9.17, 15) is 0 Å². The van der Waals surface area contributed by atoms with Crippen molar-refractivity contribution in [1.82, 2.24) is 15.5 Å². The second kappa shape index (κ2) is 12.4. The average Bonchev–Trinajstić information content (AvgIpc) is 3.22. The van der Waals surface area contributed by atoms with Gasteiger partial charge in [-0.15, -0.1) is 24.0 Å². The number of aromatic nitrogens is 2. The predicted octanol–water partition coefficient (Wildman–Crippen LogP) is 4.99. The van der Waals surface area contributed by atoms with Gasteiger partial charge in [0.15, 0.2) is 17.5 Å². The molecule has 0 radical (unpaired) electrons. The minimum Gasteiger partial charge on any atom is -0.493 e. The van der Waals surface area contributed by atoms with E-state index in [2.05, 4.69) is 25.8 Å². The van der Waals surface area contributed by atoms with Crippen molar-refractivity contribution >= 4 is 47.2 Å². The summed E-state index contributed by atoms with van der Waals surface area (Å²) >= 11 is 6.02. The van der Waals surface area contributed by atoms with Gasteiger partial charge in [-0.2, -0.15) is 4.98 Å². The van der Waals surface area contributed by atoms with Gasteiger partial charge in [0, 0.05) is 28.9 Å². The van der Waals surface area contributed by atoms with Crippen molar-refractivity contribution in [3.8, 4) is 22.9 Å². The lowest BCUT2D eigenvalue weighted by atomic mass is 10.2. The Hall–Kier alpha value is -2.53. The van der Waals surface area contributed by atoms with E-state index in [-0.39, 0.29) is 30.5 Å². The van der Waals surface area contributed by atoms with Crippen molar-refractivity contribution in [3.05, 3.63) is 53.4 Å². The molecule has 0 fully saturated rings. The van der Waals surface area contributed by atoms with Crippen molar-refractivity contribution in [2.24, 2.45) is 4.99 Å². The summed E-state index contributed by atoms with van der Waals surface area (Å²) in [5, 5.41) is 11.0. The highest BCUT2D eigenvalue weighted by atomic mass is 127. The van der Waals surface area contributed by atoms with E-state index in [4.69, 9.17) is 25.6 Å². The molecule has 3 rings (SSSR count). The first-order valence-electron chi connectivity index (χ1n) is 9.57. The third-order valence-electron chi connectivity index (χ3n) is 3.99. The lowest BCUT2D eigenvalue weighted by Crippen LogP contribution is -2.30. The van der Waals surface area contributed by atoms with E-state index in [0.29, 0.717) is 47.3 Å². The van der Waals surface area contributed by atoms with Crippen LogP contribution in [0.25, 0.3) is 11.4 Å². The molecule has 0 saturated heterocycles. The zero-order chi connectivity index (χ0) is 21.3. The minimum absolute atomic E-state index is 0. The molecular formula is C21H25ClIN5O3. The van der Waals surface area contributed by atoms with Gasteiger partial charge in [-0.3, -0.25) is 0 Å². The number of guanidine groups is 1. The number of benzene rings is 2. The highest BCUT2D eigenvalue weighted by Crippen LogP contribution is 2.30. The maximum absolute atomic E-state index is 6.02. The van der Waals surface area contributed by atoms with Crippen LogP contribution in [0.1, 0.15) is 19.7 Å². The van der Waals surface area contributed by atoms with Gasteiger partial charge >= 0.3 is 0 Å². The molecule has 0 spiro atoms. The molecule has 1 heterocycles. The molecule has 2 N–H and O–H groups in total. The monoisotopic (exact) mass is 557 g/mol. The molecule has 0 aliphatic rings. The van der Waals surface area contributed by atoms with Gasteiger partial charge in [0.2, 0.25) is 11.7 Å². The van der Waals surface area contributed by atoms with Gasteiger partial charge in [-0.05, 0) is 38.1 Å². The third kappa shape index (κ3) is 7.00. The Morgan fingerprint density at radius 1 is 1.16 bits per heavy atom. The molecule has 0 saturated carbocycles. The zero-order valence-electron chi connectivity index (χ0n) is 17.5. The van der Waals surface area contributed by atoms with E-state index in [1.807, 2.05) is 44.2 Å². The van der Waals surface area contributed by atoms with Crippen molar-refractivity contribution in [1.29, 1.82) is 0 Å². The maximum Gasteiger partial charge on any atom is 0.248 e. The lowest BCUT2D eigenvalue weighted by molar-refractivity contribution is 0.311. The summed E-state index contributed by atoms with van der Waals surface area (Å²) < 4.78 is 16.3. The van der Waals surface area contributed by atoms with Crippen LogP contribution in [0.2, 0.25) is 5.02 Å². The first-order chi connectivity index (χ1) is 14.6. The number of rotatable bonds is 8. The number of ether oxygens (including phenoxy) is 2. The van der Waals surface area contributed by atoms with Crippen LogP contribution in [0.4, 0.5) is 5.69 Å². The third-order valence-corrected chi connectivity index (χ3v) is 4.23. The molecule has 0 bridgehead atoms. The Kier molecular flexibility index (Phi) is 9.86. The van der Waals surface area contributed by atoms with Crippen LogP contribution >= 0.6 is 35.6 Å². The number of hydrogen-bond donors (Lipinski definition) is 2. The van der Waals surface area contributed by atoms with E-state index < -0.39 is 0 Å². The summed E-state index contributed by atoms with van der Waals surface area (Å²) in [6, 6.07) is 12.9. The molecule has 0 amide bonds. The number of hydrogen-bond acceptors (Lipinski definition) is 6. The van der Waals surface area contributed by atoms with Crippen molar-refractivity contribution in [2.45, 2.75) is 20.4 Å². The van der Waals surface area contributed by atoms with Crippen LogP contribution in [-0.2, 0) is 6.54 Å². The second-order valence-corrected chi connectivity index (χ2v) is 6.58. The second-order valence-electron chi connectivity index (χ2n) is 6.14. The Balaban J connectivity index is 0.00000341. The highest BCUT2D eigenvalue weighted by Gasteiger charge is 2.10. The SMILES string of the molecule is CCNC(=NCc1nc(-c2cccc(Cl)c2)no1)Nc1ccc(OCC)c(OC)c1.I. The molecule has 10 heteroatoms. The fraction of sp³-hybridized carbons (Fsp3) is 0.286. The predicted molar refractivity (Wildman–Crippen MR) is 133 cm³/mol. The van der Waals surface area contributed by atoms with Crippen molar-refractivity contribution < 1.29 is 14.0 Å². The van der Waals surface area contributed by atoms with E-state index >= 15 is 0 Å². The lowest BCUT2D eigenvalue weighted by Gasteiger charge is -2.14. The van der Waals surface area contributed by atoms with Crippen molar-refractivity contribution in [2.75, 3.05) is 25.6 Å². The van der Waals surface area contributed by atoms with Crippen LogP contribution in [0.15, 0.2) is 52.0 Å². The summed E-state index contributed by atoms with van der Waals surface area (Å²) in [7, 11) is 1.61. The molecule has 0 unspecified atom stereocenters. The molecule has 8 nitrogen and oxygen atoms in total. The van der Waals surface area contributed by atoms with Gasteiger partial charge in [0.05, 0.1) is 13.7 Å². The first-order valence-corrected chi connectivity index (χ1v) is 9.95. The van der Waals surface area contributed by atoms with E-state index in [1.54, 1.807) is 19.2 Å². The maximum atomic E-state index is 6.02. The Labute approximate surface area is 203 Å². The highest BCUT2D eigenvalue weighted by molar-refractivity contribution is 14.0. The fourth-order valence-electron chi connectivity index (χ4n) is 2.67. The topological polar surface area (TPSA) is 93.8 Å². The van der Waals surface area contributed by atoms with Crippen LogP contribution in [-0.4, -0.2) is 36.4 Å². The molecule has 0 atom stereocenters. The quantitative estimate of drug-likeness (QED) is 0.229. The average molecular weight is 558 g/mol. The number of nitrogens with zero attached hydrogens (tertiary/aromatic N) is 3. The number of anilines is 1. The molecule has 2 aromatic carbocycles. The standard InChI is InChI=1S/C21H24ClN5O3.HI/c1-4-23-21(25-16-9-10-17(29-5-2)18(12-16)28-3)24-13-19-26-20(27-30-19)14-7-6-8-15(22)11-14;/h6-12H,4-5,13H2,1-3H3,(H2,23,24,25);1H. The number of aliphatic imine (C=N–C) groups is 1. The Morgan fingerprint density at radius 2 is 2.00 bits per heavy atom. The molecule has 3 aromatic rings. The van der Waals surface area contributed by atoms with Gasteiger partial charge in [0.1, 0.15) is 6.54 Å². The zero-order valence-corrected chi connectivity index (χ0v) is 20.6. The number of halogens is 2.